The number of nitrogens with two attached hydrogens (primary N) is 2. The first-order valence-electron chi connectivity index (χ1n) is 39.8. The maximum absolute atomic E-state index is 14.4. The van der Waals surface area contributed by atoms with Crippen LogP contribution < -0.4 is 112 Å². The molecule has 0 saturated heterocycles. The SMILES string of the molecule is CC(=O)NCC(=O)N[C@@H](C)C(=O)N[C@@H](CO)C(=O)N[C@@H](CC(C)C)C(=O)N[C@@H](CCCNC(=N)N)C(=O)N[C@@H](CCCNC(=N)N)C(=O)N[C@@H](CO)C(=O)N[C@@H](Cc1ccccc1)C(=O)NCC(=O)NCC(=O)N[C@@H](CO)C(=O)N[C@@H](C)C(=O)N[C@@H](CCC(=O)O)C(=O)N[C@H](C(=O)N[C@@H](CO)C(=O)N[C@@H](Cc1ccc(O)cc1)C(=O)NCC(=O)OCCS)C(C)C. The van der Waals surface area contributed by atoms with Crippen molar-refractivity contribution in [3.05, 3.63) is 65.7 Å². The standard InChI is InChI=1S/C76H119N23O26S/c1-38(2)27-49(93-71(121)53(35-101)96-62(112)40(5)87-57(107)31-83-42(7)104)69(119)92-46(15-11-23-81-75(77)78)66(116)91-47(16-12-24-82-76(79)80)67(117)97-54(36-102)72(122)94-50(28-43-13-9-8-10-14-43)64(114)85-30-56(106)84-32-58(108)89-52(34-100)70(120)88-41(6)63(113)90-48(21-22-59(109)110)68(118)99-61(39(3)4)74(124)98-55(37-103)73(123)95-51(29-44-17-19-45(105)20-18-44)65(115)86-33-60(111)125-25-26-126/h8-10,13-14,17-20,38-41,46-55,61,100-103,105,126H,11-12,15-16,21-37H2,1-7H3,(H,83,104)(H,84,106)(H,85,114)(H,86,115)(H,87,107)(H,88,120)(H,89,108)(H,90,113)(H,91,116)(H,92,119)(H,93,121)(H,94,122)(H,95,123)(H,96,112)(H,97,117)(H,98,124)(H,99,118)(H,109,110)(H4,77,78,81)(H4,79,80,82)/t40-,41-,46-,47-,48-,49-,50-,51-,52-,53-,54-,55-,61-/m0/s1. The summed E-state index contributed by atoms with van der Waals surface area (Å²) < 4.78 is 4.91. The highest BCUT2D eigenvalue weighted by Crippen LogP contribution is 2.15. The molecule has 0 heterocycles. The van der Waals surface area contributed by atoms with Crippen LogP contribution in [0, 0.1) is 22.7 Å². The number of hydrogen-bond donors (Lipinski definition) is 30. The monoisotopic (exact) mass is 1800 g/mol. The van der Waals surface area contributed by atoms with Crippen molar-refractivity contribution in [3.63, 3.8) is 0 Å². The van der Waals surface area contributed by atoms with Crippen LogP contribution in [0.4, 0.5) is 0 Å². The molecule has 0 saturated carbocycles. The molecule has 0 spiro atoms. The molecule has 0 unspecified atom stereocenters. The van der Waals surface area contributed by atoms with Gasteiger partial charge in [-0.05, 0) is 87.5 Å². The summed E-state index contributed by atoms with van der Waals surface area (Å²) in [7, 11) is 0. The summed E-state index contributed by atoms with van der Waals surface area (Å²) in [5, 5.41) is 120. The second kappa shape index (κ2) is 58.1. The molecule has 700 valence electrons. The van der Waals surface area contributed by atoms with Crippen LogP contribution in [0.1, 0.15) is 105 Å². The molecule has 2 aromatic rings. The second-order valence-corrected chi connectivity index (χ2v) is 29.8. The molecule has 49 nitrogen and oxygen atoms in total. The van der Waals surface area contributed by atoms with Gasteiger partial charge in [-0.15, -0.1) is 0 Å². The molecule has 126 heavy (non-hydrogen) atoms. The molecule has 0 aliphatic heterocycles. The van der Waals surface area contributed by atoms with Gasteiger partial charge in [-0.25, -0.2) is 0 Å². The number of nitrogens with one attached hydrogen (secondary N) is 21. The zero-order valence-electron chi connectivity index (χ0n) is 70.7. The summed E-state index contributed by atoms with van der Waals surface area (Å²) in [4.78, 5) is 253. The number of thiol groups is 1. The number of carboxylic acid groups (broad SMARTS) is 1. The van der Waals surface area contributed by atoms with E-state index in [0.29, 0.717) is 11.1 Å². The predicted molar refractivity (Wildman–Crippen MR) is 449 cm³/mol. The van der Waals surface area contributed by atoms with E-state index in [2.05, 4.69) is 114 Å². The molecule has 0 aliphatic rings. The maximum atomic E-state index is 14.4. The zero-order chi connectivity index (χ0) is 94.9. The van der Waals surface area contributed by atoms with E-state index >= 15 is 0 Å². The topological polar surface area (TPSA) is 783 Å². The van der Waals surface area contributed by atoms with Crippen LogP contribution in [-0.2, 0) is 109 Å². The van der Waals surface area contributed by atoms with Gasteiger partial charge in [-0.2, -0.15) is 12.6 Å². The number of phenolic OH excluding ortho intramolecular Hbond substituents is 1. The fraction of sp³-hybridized carbons (Fsp3) is 0.566. The van der Waals surface area contributed by atoms with E-state index in [1.807, 2.05) is 0 Å². The number of aliphatic hydroxyl groups is 4. The van der Waals surface area contributed by atoms with E-state index in [1.54, 1.807) is 44.2 Å². The normalized spacial score (nSPS) is 14.0. The molecule has 17 amide bonds. The Kier molecular flexibility index (Phi) is 50.3. The fourth-order valence-electron chi connectivity index (χ4n) is 11.2. The van der Waals surface area contributed by atoms with Gasteiger partial charge in [0.05, 0.1) is 46.1 Å². The number of ether oxygens (including phenoxy) is 1. The number of esters is 1. The number of rotatable bonds is 58. The van der Waals surface area contributed by atoms with Crippen LogP contribution in [0.2, 0.25) is 0 Å². The van der Waals surface area contributed by atoms with E-state index < -0.39 is 274 Å². The Morgan fingerprint density at radius 3 is 1.23 bits per heavy atom. The third-order valence-corrected chi connectivity index (χ3v) is 18.1. The van der Waals surface area contributed by atoms with Gasteiger partial charge in [0.1, 0.15) is 97.4 Å². The number of amides is 17. The van der Waals surface area contributed by atoms with Crippen molar-refractivity contribution in [3.8, 4) is 5.75 Å². The summed E-state index contributed by atoms with van der Waals surface area (Å²) in [6.07, 6.45) is -2.49. The Morgan fingerprint density at radius 2 is 0.770 bits per heavy atom. The third kappa shape index (κ3) is 43.3. The smallest absolute Gasteiger partial charge is 0.325 e. The molecule has 0 radical (unpaired) electrons. The first kappa shape index (κ1) is 109. The molecule has 50 heteroatoms. The highest BCUT2D eigenvalue weighted by molar-refractivity contribution is 7.80. The van der Waals surface area contributed by atoms with Gasteiger partial charge in [0.25, 0.3) is 0 Å². The van der Waals surface area contributed by atoms with Crippen molar-refractivity contribution in [2.45, 2.75) is 185 Å². The highest BCUT2D eigenvalue weighted by atomic mass is 32.1. The number of carbonyl (C=O) groups excluding carboxylic acids is 18. The largest absolute Gasteiger partial charge is 0.508 e. The number of carbonyl (C=O) groups is 19. The van der Waals surface area contributed by atoms with Crippen molar-refractivity contribution in [1.29, 1.82) is 10.8 Å². The average Bonchev–Trinajstić information content (AvgIpc) is 0.849. The van der Waals surface area contributed by atoms with E-state index in [4.69, 9.17) is 27.0 Å². The molecule has 2 rings (SSSR count). The second-order valence-electron chi connectivity index (χ2n) is 29.3. The van der Waals surface area contributed by atoms with Gasteiger partial charge in [-0.3, -0.25) is 102 Å². The Balaban J connectivity index is 2.27. The van der Waals surface area contributed by atoms with E-state index in [-0.39, 0.29) is 82.1 Å². The van der Waals surface area contributed by atoms with Crippen molar-refractivity contribution in [1.82, 2.24) is 101 Å². The lowest BCUT2D eigenvalue weighted by Crippen LogP contribution is -2.61. The first-order valence-corrected chi connectivity index (χ1v) is 40.5. The summed E-state index contributed by atoms with van der Waals surface area (Å²) in [6.45, 7) is 2.40. The van der Waals surface area contributed by atoms with Gasteiger partial charge in [-0.1, -0.05) is 70.2 Å². The third-order valence-electron chi connectivity index (χ3n) is 18.0. The number of aliphatic hydroxyl groups excluding tert-OH is 4. The van der Waals surface area contributed by atoms with E-state index in [9.17, 15) is 122 Å². The van der Waals surface area contributed by atoms with E-state index in [1.165, 1.54) is 45.0 Å². The van der Waals surface area contributed by atoms with Gasteiger partial charge in [0, 0.05) is 45.0 Å². The minimum atomic E-state index is -1.90. The number of carboxylic acids is 1. The van der Waals surface area contributed by atoms with Gasteiger partial charge in [0.15, 0.2) is 11.9 Å². The molecule has 0 bridgehead atoms. The number of hydrogen-bond acceptors (Lipinski definition) is 28. The molecule has 0 fully saturated rings. The highest BCUT2D eigenvalue weighted by Gasteiger charge is 2.38. The van der Waals surface area contributed by atoms with E-state index in [0.717, 1.165) is 13.8 Å². The van der Waals surface area contributed by atoms with Crippen molar-refractivity contribution >= 4 is 137 Å². The quantitative estimate of drug-likeness (QED) is 0.00961. The molecule has 0 aliphatic carbocycles. The van der Waals surface area contributed by atoms with Crippen molar-refractivity contribution < 1.29 is 126 Å². The number of aliphatic carboxylic acids is 1. The number of benzene rings is 2. The summed E-state index contributed by atoms with van der Waals surface area (Å²) in [6, 6.07) is -7.74. The summed E-state index contributed by atoms with van der Waals surface area (Å²) in [5.41, 5.74) is 11.8. The van der Waals surface area contributed by atoms with Gasteiger partial charge < -0.3 is 148 Å². The van der Waals surface area contributed by atoms with Crippen molar-refractivity contribution in [2.24, 2.45) is 23.3 Å². The molecular formula is C76H119N23O26S. The Bertz CT molecular complexity index is 4060. The minimum Gasteiger partial charge on any atom is -0.508 e. The molecule has 13 atom stereocenters. The number of phenols is 1. The lowest BCUT2D eigenvalue weighted by molar-refractivity contribution is -0.143. The molecule has 0 aromatic heterocycles. The van der Waals surface area contributed by atoms with Gasteiger partial charge in [0.2, 0.25) is 100 Å². The van der Waals surface area contributed by atoms with Crippen LogP contribution in [0.5, 0.6) is 5.75 Å². The first-order chi connectivity index (χ1) is 59.4. The van der Waals surface area contributed by atoms with Crippen LogP contribution in [0.15, 0.2) is 54.6 Å². The van der Waals surface area contributed by atoms with Crippen molar-refractivity contribution in [2.75, 3.05) is 78.1 Å². The lowest BCUT2D eigenvalue weighted by Gasteiger charge is -2.28. The average molecular weight is 1800 g/mol. The maximum Gasteiger partial charge on any atom is 0.325 e. The number of aromatic hydroxyl groups is 1. The molecular weight excluding hydrogens is 1680 g/mol. The Hall–Kier alpha value is -13.1. The van der Waals surface area contributed by atoms with Gasteiger partial charge >= 0.3 is 11.9 Å². The Labute approximate surface area is 729 Å². The lowest BCUT2D eigenvalue weighted by atomic mass is 10.0. The minimum absolute atomic E-state index is 0.0174. The van der Waals surface area contributed by atoms with Crippen LogP contribution >= 0.6 is 12.6 Å². The fourth-order valence-corrected chi connectivity index (χ4v) is 11.3. The van der Waals surface area contributed by atoms with Crippen LogP contribution in [0.25, 0.3) is 0 Å². The molecule has 31 N–H and O–H groups in total. The predicted octanol–water partition coefficient (Wildman–Crippen LogP) is -11.5. The van der Waals surface area contributed by atoms with Crippen LogP contribution in [0.3, 0.4) is 0 Å². The zero-order valence-corrected chi connectivity index (χ0v) is 71.6. The Morgan fingerprint density at radius 1 is 0.397 bits per heavy atom. The van der Waals surface area contributed by atoms with Crippen LogP contribution in [-0.4, -0.2) is 312 Å². The summed E-state index contributed by atoms with van der Waals surface area (Å²) >= 11 is 3.95. The molecule has 2 aromatic carbocycles. The summed E-state index contributed by atoms with van der Waals surface area (Å²) in [5.74, 6) is -21.7. The number of guanidine groups is 2.